The molecular weight excluding hydrogens is 214 g/mol. The summed E-state index contributed by atoms with van der Waals surface area (Å²) in [6, 6.07) is 0.362. The van der Waals surface area contributed by atoms with E-state index in [0.29, 0.717) is 16.9 Å². The first kappa shape index (κ1) is 10.6. The van der Waals surface area contributed by atoms with Gasteiger partial charge in [0.25, 0.3) is 0 Å². The highest BCUT2D eigenvalue weighted by Gasteiger charge is 2.19. The molecule has 4 nitrogen and oxygen atoms in total. The van der Waals surface area contributed by atoms with Crippen LogP contribution in [0, 0.1) is 0 Å². The molecule has 82 valence electrons. The zero-order valence-corrected chi connectivity index (χ0v) is 9.11. The van der Waals surface area contributed by atoms with Crippen LogP contribution in [0.1, 0.15) is 25.7 Å². The van der Waals surface area contributed by atoms with Crippen molar-refractivity contribution in [3.63, 3.8) is 0 Å². The van der Waals surface area contributed by atoms with Crippen molar-refractivity contribution in [3.05, 3.63) is 17.5 Å². The molecule has 0 spiro atoms. The number of nitrogens with one attached hydrogen (secondary N) is 1. The van der Waals surface area contributed by atoms with Gasteiger partial charge in [-0.15, -0.1) is 0 Å². The van der Waals surface area contributed by atoms with Crippen molar-refractivity contribution < 1.29 is 5.11 Å². The van der Waals surface area contributed by atoms with Gasteiger partial charge in [0.05, 0.1) is 12.3 Å². The number of hydrogen-bond acceptors (Lipinski definition) is 4. The van der Waals surface area contributed by atoms with Gasteiger partial charge < -0.3 is 10.4 Å². The third-order valence-corrected chi connectivity index (χ3v) is 2.98. The highest BCUT2D eigenvalue weighted by Crippen LogP contribution is 2.24. The van der Waals surface area contributed by atoms with Gasteiger partial charge in [-0.2, -0.15) is 0 Å². The molecule has 2 N–H and O–H groups in total. The van der Waals surface area contributed by atoms with Crippen molar-refractivity contribution in [1.29, 1.82) is 0 Å². The fourth-order valence-corrected chi connectivity index (χ4v) is 1.99. The van der Waals surface area contributed by atoms with Crippen molar-refractivity contribution in [2.24, 2.45) is 0 Å². The molecule has 0 atom stereocenters. The van der Waals surface area contributed by atoms with Crippen LogP contribution in [-0.2, 0) is 0 Å². The standard InChI is InChI=1S/C10H14ClN3O/c11-9-5-12-6-13-10(9)14-7-1-3-8(15)4-2-7/h5-8,15H,1-4H2,(H,12,13,14). The van der Waals surface area contributed by atoms with E-state index in [1.54, 1.807) is 6.20 Å². The Kier molecular flexibility index (Phi) is 3.38. The summed E-state index contributed by atoms with van der Waals surface area (Å²) in [6.07, 6.45) is 6.54. The van der Waals surface area contributed by atoms with Crippen LogP contribution in [0.4, 0.5) is 5.82 Å². The number of rotatable bonds is 2. The zero-order valence-electron chi connectivity index (χ0n) is 8.36. The first-order valence-electron chi connectivity index (χ1n) is 5.16. The molecule has 15 heavy (non-hydrogen) atoms. The van der Waals surface area contributed by atoms with E-state index in [1.807, 2.05) is 0 Å². The van der Waals surface area contributed by atoms with E-state index in [1.165, 1.54) is 6.33 Å². The Morgan fingerprint density at radius 1 is 1.33 bits per heavy atom. The van der Waals surface area contributed by atoms with Crippen molar-refractivity contribution >= 4 is 17.4 Å². The van der Waals surface area contributed by atoms with Crippen LogP contribution >= 0.6 is 11.6 Å². The van der Waals surface area contributed by atoms with E-state index < -0.39 is 0 Å². The highest BCUT2D eigenvalue weighted by atomic mass is 35.5. The molecule has 0 aliphatic heterocycles. The Hall–Kier alpha value is -0.870. The van der Waals surface area contributed by atoms with E-state index in [9.17, 15) is 5.11 Å². The lowest BCUT2D eigenvalue weighted by molar-refractivity contribution is 0.126. The maximum atomic E-state index is 9.37. The molecule has 5 heteroatoms. The second-order valence-electron chi connectivity index (χ2n) is 3.87. The monoisotopic (exact) mass is 227 g/mol. The third kappa shape index (κ3) is 2.79. The molecule has 0 amide bonds. The van der Waals surface area contributed by atoms with Gasteiger partial charge in [0, 0.05) is 6.04 Å². The van der Waals surface area contributed by atoms with Crippen LogP contribution in [0.25, 0.3) is 0 Å². The molecule has 1 aliphatic carbocycles. The minimum absolute atomic E-state index is 0.135. The Bertz CT molecular complexity index is 326. The molecule has 0 saturated heterocycles. The van der Waals surface area contributed by atoms with Crippen LogP contribution in [0.3, 0.4) is 0 Å². The predicted molar refractivity (Wildman–Crippen MR) is 58.9 cm³/mol. The van der Waals surface area contributed by atoms with Crippen molar-refractivity contribution in [2.45, 2.75) is 37.8 Å². The average molecular weight is 228 g/mol. The molecule has 0 bridgehead atoms. The molecule has 0 radical (unpaired) electrons. The summed E-state index contributed by atoms with van der Waals surface area (Å²) in [5.74, 6) is 0.688. The van der Waals surface area contributed by atoms with Crippen LogP contribution < -0.4 is 5.32 Å². The summed E-state index contributed by atoms with van der Waals surface area (Å²) in [5, 5.41) is 13.2. The van der Waals surface area contributed by atoms with E-state index in [-0.39, 0.29) is 6.10 Å². The Labute approximate surface area is 93.7 Å². The number of anilines is 1. The van der Waals surface area contributed by atoms with Gasteiger partial charge >= 0.3 is 0 Å². The molecule has 2 rings (SSSR count). The van der Waals surface area contributed by atoms with E-state index >= 15 is 0 Å². The van der Waals surface area contributed by atoms with E-state index in [4.69, 9.17) is 11.6 Å². The van der Waals surface area contributed by atoms with Gasteiger partial charge in [-0.25, -0.2) is 9.97 Å². The smallest absolute Gasteiger partial charge is 0.148 e. The Morgan fingerprint density at radius 2 is 2.07 bits per heavy atom. The molecule has 0 aromatic carbocycles. The molecule has 1 saturated carbocycles. The quantitative estimate of drug-likeness (QED) is 0.810. The van der Waals surface area contributed by atoms with Crippen LogP contribution in [0.15, 0.2) is 12.5 Å². The van der Waals surface area contributed by atoms with Crippen LogP contribution in [-0.4, -0.2) is 27.2 Å². The summed E-state index contributed by atoms with van der Waals surface area (Å²) in [5.41, 5.74) is 0. The Balaban J connectivity index is 1.95. The summed E-state index contributed by atoms with van der Waals surface area (Å²) in [7, 11) is 0. The molecule has 1 heterocycles. The lowest BCUT2D eigenvalue weighted by Crippen LogP contribution is -2.28. The van der Waals surface area contributed by atoms with Crippen molar-refractivity contribution in [1.82, 2.24) is 9.97 Å². The molecule has 1 aromatic rings. The molecule has 1 aromatic heterocycles. The molecule has 0 unspecified atom stereocenters. The minimum atomic E-state index is -0.135. The van der Waals surface area contributed by atoms with Gasteiger partial charge in [-0.1, -0.05) is 11.6 Å². The summed E-state index contributed by atoms with van der Waals surface area (Å²) in [4.78, 5) is 7.90. The number of aliphatic hydroxyl groups excluding tert-OH is 1. The van der Waals surface area contributed by atoms with Gasteiger partial charge in [0.1, 0.15) is 17.2 Å². The zero-order chi connectivity index (χ0) is 10.7. The maximum Gasteiger partial charge on any atom is 0.148 e. The number of nitrogens with zero attached hydrogens (tertiary/aromatic N) is 2. The fourth-order valence-electron chi connectivity index (χ4n) is 1.83. The van der Waals surface area contributed by atoms with Gasteiger partial charge in [0.15, 0.2) is 0 Å². The number of aromatic nitrogens is 2. The topological polar surface area (TPSA) is 58.0 Å². The summed E-state index contributed by atoms with van der Waals surface area (Å²) >= 11 is 5.94. The summed E-state index contributed by atoms with van der Waals surface area (Å²) in [6.45, 7) is 0. The number of aliphatic hydroxyl groups is 1. The number of hydrogen-bond donors (Lipinski definition) is 2. The average Bonchev–Trinajstić information content (AvgIpc) is 2.25. The first-order valence-corrected chi connectivity index (χ1v) is 5.53. The maximum absolute atomic E-state index is 9.37. The SMILES string of the molecule is OC1CCC(Nc2ncncc2Cl)CC1. The number of halogens is 1. The first-order chi connectivity index (χ1) is 7.25. The minimum Gasteiger partial charge on any atom is -0.393 e. The van der Waals surface area contributed by atoms with Gasteiger partial charge in [-0.3, -0.25) is 0 Å². The van der Waals surface area contributed by atoms with Crippen molar-refractivity contribution in [2.75, 3.05) is 5.32 Å². The van der Waals surface area contributed by atoms with Crippen LogP contribution in [0.2, 0.25) is 5.02 Å². The normalized spacial score (nSPS) is 26.3. The molecule has 1 fully saturated rings. The third-order valence-electron chi connectivity index (χ3n) is 2.71. The second kappa shape index (κ2) is 4.77. The van der Waals surface area contributed by atoms with E-state index in [0.717, 1.165) is 25.7 Å². The molecular formula is C10H14ClN3O. The fraction of sp³-hybridized carbons (Fsp3) is 0.600. The second-order valence-corrected chi connectivity index (χ2v) is 4.28. The summed E-state index contributed by atoms with van der Waals surface area (Å²) < 4.78 is 0. The van der Waals surface area contributed by atoms with Gasteiger partial charge in [0.2, 0.25) is 0 Å². The van der Waals surface area contributed by atoms with Gasteiger partial charge in [-0.05, 0) is 25.7 Å². The predicted octanol–water partition coefficient (Wildman–Crippen LogP) is 1.85. The largest absolute Gasteiger partial charge is 0.393 e. The van der Waals surface area contributed by atoms with Crippen LogP contribution in [0.5, 0.6) is 0 Å². The molecule has 1 aliphatic rings. The highest BCUT2D eigenvalue weighted by molar-refractivity contribution is 6.32. The van der Waals surface area contributed by atoms with E-state index in [2.05, 4.69) is 15.3 Å². The Morgan fingerprint density at radius 3 is 2.73 bits per heavy atom. The van der Waals surface area contributed by atoms with Crippen molar-refractivity contribution in [3.8, 4) is 0 Å². The lowest BCUT2D eigenvalue weighted by Gasteiger charge is -2.26. The lowest BCUT2D eigenvalue weighted by atomic mass is 9.93.